The van der Waals surface area contributed by atoms with Crippen LogP contribution in [-0.2, 0) is 84.3 Å². The zero-order valence-corrected chi connectivity index (χ0v) is 74.3. The van der Waals surface area contributed by atoms with Crippen LogP contribution in [0.15, 0.2) is 133 Å². The topological polar surface area (TPSA) is 551 Å². The molecule has 0 saturated carbocycles. The van der Waals surface area contributed by atoms with E-state index in [4.69, 9.17) is 71.8 Å². The van der Waals surface area contributed by atoms with Gasteiger partial charge in [-0.3, -0.25) is 84.5 Å². The molecule has 0 aliphatic carbocycles. The van der Waals surface area contributed by atoms with Gasteiger partial charge < -0.3 is 79.1 Å². The van der Waals surface area contributed by atoms with E-state index in [9.17, 15) is 62.2 Å². The highest BCUT2D eigenvalue weighted by molar-refractivity contribution is 7.48. The zero-order valence-electron chi connectivity index (χ0n) is 71.6. The van der Waals surface area contributed by atoms with Crippen molar-refractivity contribution in [2.45, 2.75) is 195 Å². The van der Waals surface area contributed by atoms with Gasteiger partial charge in [0.15, 0.2) is 33.8 Å². The standard InChI is InChI=1S/C61H69N14O26P3.3C6H15N/c1-31-20-72(60(81)70-54(31)77)47-17-39(43(96-47)25-89-22-35-13-14-37(90-23-33-9-5-3-6-10-33)38(15-35)91-24-34-11-7-4-8-12-34)99-103(85,86)93-27-44-40(18-48(97-44)73-21-32(2)55(78)71-61(73)82)100-104(87,88)94-28-45-41(19-49(98-45)75-30-65-51-53(75)67-59(63)69-57(51)80)101-102(83,84)92-26-42-36(76)16-46(95-42)74-29-64-50-52(74)66-58(62)68-56(50)79;3*1-4-7(5-2)6-3/h3-15,20-21,29-30,36,39-49,76H,16-19,22-28H2,1-2H3,(H,83,84)(H,85,86)(H,87,88)(H,70,77,81)(H,71,78,82)(H3,62,66,68,79)(H3,63,67,69,80);3*4-6H2,1-3H3/t36-,39-,40-,41-,42+,43+,44+,45+,46+,47+,48+,49+;;;/m0.../s1. The Kier molecular flexibility index (Phi) is 35.7. The minimum Gasteiger partial charge on any atom is -0.485 e. The van der Waals surface area contributed by atoms with Crippen molar-refractivity contribution in [2.24, 2.45) is 0 Å². The van der Waals surface area contributed by atoms with Crippen molar-refractivity contribution in [1.29, 1.82) is 0 Å². The van der Waals surface area contributed by atoms with E-state index in [2.05, 4.69) is 117 Å². The Morgan fingerprint density at radius 2 is 0.792 bits per heavy atom. The molecule has 15 atom stereocenters. The quantitative estimate of drug-likeness (QED) is 0.0183. The van der Waals surface area contributed by atoms with Crippen molar-refractivity contribution in [2.75, 3.05) is 96.8 Å². The van der Waals surface area contributed by atoms with Crippen molar-refractivity contribution < 1.29 is 93.8 Å². The molecule has 0 spiro atoms. The molecule has 10 heterocycles. The van der Waals surface area contributed by atoms with Crippen LogP contribution in [0.1, 0.15) is 141 Å². The Labute approximate surface area is 719 Å². The Morgan fingerprint density at radius 3 is 1.18 bits per heavy atom. The summed E-state index contributed by atoms with van der Waals surface area (Å²) in [6.45, 7) is 30.5. The molecule has 9 aromatic rings. The van der Waals surface area contributed by atoms with E-state index in [-0.39, 0.29) is 84.6 Å². The number of anilines is 2. The Hall–Kier alpha value is -9.11. The number of nitrogens with two attached hydrogens (primary N) is 2. The van der Waals surface area contributed by atoms with Crippen LogP contribution in [0.3, 0.4) is 0 Å². The Balaban J connectivity index is 0.000000691. The molecule has 13 rings (SSSR count). The van der Waals surface area contributed by atoms with Gasteiger partial charge in [-0.25, -0.2) is 33.3 Å². The summed E-state index contributed by atoms with van der Waals surface area (Å²) in [6.07, 6.45) is -13.4. The predicted molar refractivity (Wildman–Crippen MR) is 457 cm³/mol. The van der Waals surface area contributed by atoms with Gasteiger partial charge in [0.05, 0.1) is 51.8 Å². The number of hydrogen-bond donors (Lipinski definition) is 10. The van der Waals surface area contributed by atoms with E-state index < -0.39 is 163 Å². The number of aryl methyl sites for hydroxylation is 2. The lowest BCUT2D eigenvalue weighted by Crippen LogP contribution is -2.33. The maximum atomic E-state index is 14.3. The normalized spacial score (nSPS) is 22.6. The molecule has 4 saturated heterocycles. The predicted octanol–water partition coefficient (Wildman–Crippen LogP) is 6.57. The number of aliphatic hydroxyl groups is 1. The fourth-order valence-electron chi connectivity index (χ4n) is 14.1. The minimum absolute atomic E-state index is 0.0232. The van der Waals surface area contributed by atoms with Gasteiger partial charge in [0.1, 0.15) is 80.9 Å². The number of aromatic amines is 4. The number of hydrogen-bond acceptors (Lipinski definition) is 32. The van der Waals surface area contributed by atoms with Crippen LogP contribution in [0.25, 0.3) is 22.3 Å². The largest absolute Gasteiger partial charge is 0.485 e. The Morgan fingerprint density at radius 1 is 0.440 bits per heavy atom. The van der Waals surface area contributed by atoms with Crippen molar-refractivity contribution >= 4 is 57.7 Å². The highest BCUT2D eigenvalue weighted by Gasteiger charge is 2.49. The zero-order chi connectivity index (χ0) is 90.5. The number of aliphatic hydroxyl groups excluding tert-OH is 1. The average molecular weight is 1810 g/mol. The molecular formula is C79H114N17O26P3. The molecule has 0 amide bonds. The van der Waals surface area contributed by atoms with E-state index >= 15 is 0 Å². The summed E-state index contributed by atoms with van der Waals surface area (Å²) in [6, 6.07) is 24.2. The molecule has 3 aromatic carbocycles. The van der Waals surface area contributed by atoms with E-state index in [0.717, 1.165) is 32.8 Å². The second kappa shape index (κ2) is 45.5. The highest BCUT2D eigenvalue weighted by atomic mass is 31.2. The molecule has 0 radical (unpaired) electrons. The van der Waals surface area contributed by atoms with Crippen LogP contribution in [0.4, 0.5) is 11.9 Å². The van der Waals surface area contributed by atoms with Gasteiger partial charge in [-0.1, -0.05) is 129 Å². The number of nitrogen functional groups attached to an aromatic ring is 2. The third-order valence-corrected chi connectivity index (χ3v) is 24.3. The first-order valence-corrected chi connectivity index (χ1v) is 45.8. The molecule has 4 aliphatic heterocycles. The van der Waals surface area contributed by atoms with Crippen LogP contribution in [-0.4, -0.2) is 227 Å². The molecule has 43 nitrogen and oxygen atoms in total. The first-order valence-electron chi connectivity index (χ1n) is 41.3. The number of imidazole rings is 2. The van der Waals surface area contributed by atoms with E-state index in [1.165, 1.54) is 94.4 Å². The lowest BCUT2D eigenvalue weighted by Gasteiger charge is -2.25. The lowest BCUT2D eigenvalue weighted by atomic mass is 10.2. The molecule has 6 aromatic heterocycles. The number of phosphoric ester groups is 3. The van der Waals surface area contributed by atoms with Crippen LogP contribution in [0, 0.1) is 13.8 Å². The molecular weight excluding hydrogens is 1700 g/mol. The number of ether oxygens (including phenoxy) is 7. The summed E-state index contributed by atoms with van der Waals surface area (Å²) in [4.78, 5) is 143. The number of benzene rings is 3. The summed E-state index contributed by atoms with van der Waals surface area (Å²) < 4.78 is 124. The number of aromatic nitrogens is 12. The van der Waals surface area contributed by atoms with E-state index in [1.807, 2.05) is 60.7 Å². The number of rotatable bonds is 38. The fraction of sp³-hybridized carbons (Fsp3) is 0.544. The third-order valence-electron chi connectivity index (χ3n) is 21.2. The first-order chi connectivity index (χ1) is 59.7. The van der Waals surface area contributed by atoms with E-state index in [1.54, 1.807) is 18.2 Å². The van der Waals surface area contributed by atoms with Crippen LogP contribution in [0.2, 0.25) is 0 Å². The van der Waals surface area contributed by atoms with Gasteiger partial charge in [-0.15, -0.1) is 0 Å². The fourth-order valence-corrected chi connectivity index (χ4v) is 17.0. The van der Waals surface area contributed by atoms with Crippen molar-refractivity contribution in [3.05, 3.63) is 194 Å². The van der Waals surface area contributed by atoms with Crippen molar-refractivity contribution in [1.82, 2.24) is 72.8 Å². The second-order valence-electron chi connectivity index (χ2n) is 29.5. The summed E-state index contributed by atoms with van der Waals surface area (Å²) >= 11 is 0. The second-order valence-corrected chi connectivity index (χ2v) is 33.7. The van der Waals surface area contributed by atoms with Crippen molar-refractivity contribution in [3.63, 3.8) is 0 Å². The molecule has 46 heteroatoms. The smallest absolute Gasteiger partial charge is 0.472 e. The van der Waals surface area contributed by atoms with Crippen LogP contribution < -0.4 is 54.6 Å². The summed E-state index contributed by atoms with van der Waals surface area (Å²) in [7, 11) is -16.1. The van der Waals surface area contributed by atoms with E-state index in [0.29, 0.717) is 17.1 Å². The van der Waals surface area contributed by atoms with Gasteiger partial charge in [0, 0.05) is 49.2 Å². The number of nitrogens with zero attached hydrogens (tertiary/aromatic N) is 11. The molecule has 3 unspecified atom stereocenters. The van der Waals surface area contributed by atoms with Gasteiger partial charge in [-0.2, -0.15) is 9.97 Å². The van der Waals surface area contributed by atoms with Crippen LogP contribution in [0.5, 0.6) is 11.5 Å². The monoisotopic (exact) mass is 1810 g/mol. The first kappa shape index (κ1) is 98.1. The van der Waals surface area contributed by atoms with Crippen molar-refractivity contribution in [3.8, 4) is 11.5 Å². The molecule has 12 N–H and O–H groups in total. The maximum Gasteiger partial charge on any atom is 0.472 e. The SMILES string of the molecule is CCN(CC)CC.CCN(CC)CC.CCN(CC)CC.Cc1cn([C@H]2C[C@H](OP(=O)(O)OC[C@H]3O[C@@H](n4cc(C)c(=O)[nH]c4=O)C[C@@H]3OP(=O)(O)OC[C@H]3O[C@@H](n4cnc5c(=O)[nH]c(N)nc54)C[C@@H]3OP(=O)(O)OC[C@H]3O[C@@H](n4cnc5c(=O)[nH]c(N)nc54)C[C@@H]3O)[C@@H](COCc3ccc(OCc4ccccc4)c(OCc4ccccc4)c3)O2)c(=O)[nH]c1=O. The number of nitrogens with one attached hydrogen (secondary N) is 4. The van der Waals surface area contributed by atoms with Crippen LogP contribution >= 0.6 is 23.5 Å². The summed E-state index contributed by atoms with van der Waals surface area (Å²) in [5, 5.41) is 11.0. The third kappa shape index (κ3) is 27.0. The number of H-pyrrole nitrogens is 4. The molecule has 0 bridgehead atoms. The van der Waals surface area contributed by atoms with Gasteiger partial charge in [0.25, 0.3) is 22.2 Å². The molecule has 4 fully saturated rings. The average Bonchev–Trinajstić information content (AvgIpc) is 1.63. The number of phosphoric acid groups is 3. The Bertz CT molecular complexity index is 5470. The van der Waals surface area contributed by atoms with Gasteiger partial charge >= 0.3 is 34.8 Å². The molecule has 686 valence electrons. The van der Waals surface area contributed by atoms with Gasteiger partial charge in [0.2, 0.25) is 11.9 Å². The summed E-state index contributed by atoms with van der Waals surface area (Å²) in [5.74, 6) is 0.303. The maximum absolute atomic E-state index is 14.3. The summed E-state index contributed by atoms with van der Waals surface area (Å²) in [5.41, 5.74) is 9.16. The van der Waals surface area contributed by atoms with Gasteiger partial charge in [-0.05, 0) is 102 Å². The highest BCUT2D eigenvalue weighted by Crippen LogP contribution is 2.54. The molecule has 125 heavy (non-hydrogen) atoms. The number of fused-ring (bicyclic) bond motifs is 2. The molecule has 4 aliphatic rings. The minimum atomic E-state index is -5.49. The lowest BCUT2D eigenvalue weighted by molar-refractivity contribution is -0.0715.